The molecule has 2 aliphatic heterocycles. The Kier molecular flexibility index (Phi) is 9.17. The zero-order valence-electron chi connectivity index (χ0n) is 23.2. The van der Waals surface area contributed by atoms with Gasteiger partial charge in [0.2, 0.25) is 0 Å². The molecule has 4 atom stereocenters. The Morgan fingerprint density at radius 1 is 1.24 bits per heavy atom. The highest BCUT2D eigenvalue weighted by Crippen LogP contribution is 2.32. The Labute approximate surface area is 240 Å². The number of benzene rings is 1. The molecule has 0 spiro atoms. The number of rotatable bonds is 8. The number of ether oxygens (including phenoxy) is 2. The number of aliphatic hydroxyl groups excluding tert-OH is 1. The molecule has 1 aliphatic carbocycles. The maximum atomic E-state index is 10.1. The van der Waals surface area contributed by atoms with Crippen LogP contribution in [0.3, 0.4) is 0 Å². The van der Waals surface area contributed by atoms with Gasteiger partial charge in [-0.25, -0.2) is 4.98 Å². The predicted octanol–water partition coefficient (Wildman–Crippen LogP) is 1.50. The number of H-pyrrole nitrogens is 1. The summed E-state index contributed by atoms with van der Waals surface area (Å²) in [4.78, 5) is 12.4. The number of nitrogens with one attached hydrogen (secondary N) is 1. The van der Waals surface area contributed by atoms with Crippen LogP contribution in [0.4, 0.5) is 5.69 Å². The van der Waals surface area contributed by atoms with Crippen LogP contribution in [0.2, 0.25) is 0 Å². The van der Waals surface area contributed by atoms with Gasteiger partial charge < -0.3 is 30.2 Å². The molecule has 2 aromatic rings. The van der Waals surface area contributed by atoms with Gasteiger partial charge in [-0.3, -0.25) is 4.90 Å². The van der Waals surface area contributed by atoms with Crippen LogP contribution in [0.5, 0.6) is 0 Å². The molecule has 3 aliphatic rings. The molecule has 0 bridgehead atoms. The second-order valence-electron chi connectivity index (χ2n) is 10.6. The molecular weight excluding hydrogens is 518 g/mol. The fourth-order valence-electron chi connectivity index (χ4n) is 5.83. The standard InChI is InChI=1S/C31H37N7O3/c1-21-30(36-31(35-21)22-2-5-25(6-3-22)37-14-16-40-17-15-37)27(8-11-32)23-4-7-28(24(18-23)19-34)41-26-10-13-38(20-26)29(39)9-12-33/h2-3,5-6,8,11,18,24,26,28-29,39H,1,4,7,9-10,13-17,20,32H2,(H,35,36)/b11-8-,30-27-/t24-,26+,28?,29+/m0/s1. The van der Waals surface area contributed by atoms with Gasteiger partial charge in [0, 0.05) is 43.0 Å². The highest BCUT2D eigenvalue weighted by Gasteiger charge is 2.33. The number of nitrogens with zero attached hydrogens (tertiary/aromatic N) is 5. The minimum Gasteiger partial charge on any atom is -0.405 e. The van der Waals surface area contributed by atoms with E-state index in [4.69, 9.17) is 25.5 Å². The van der Waals surface area contributed by atoms with E-state index in [9.17, 15) is 10.4 Å². The lowest BCUT2D eigenvalue weighted by molar-refractivity contribution is -0.0385. The van der Waals surface area contributed by atoms with Gasteiger partial charge in [-0.15, -0.1) is 0 Å². The number of aromatic amines is 1. The molecule has 0 radical (unpaired) electrons. The summed E-state index contributed by atoms with van der Waals surface area (Å²) < 4.78 is 11.8. The highest BCUT2D eigenvalue weighted by molar-refractivity contribution is 5.73. The molecule has 10 nitrogen and oxygen atoms in total. The third-order valence-electron chi connectivity index (χ3n) is 8.03. The molecule has 3 heterocycles. The van der Waals surface area contributed by atoms with Gasteiger partial charge in [-0.2, -0.15) is 10.5 Å². The van der Waals surface area contributed by atoms with Crippen LogP contribution in [0.15, 0.2) is 48.2 Å². The molecule has 2 fully saturated rings. The number of hydrogen-bond donors (Lipinski definition) is 3. The summed E-state index contributed by atoms with van der Waals surface area (Å²) >= 11 is 0. The van der Waals surface area contributed by atoms with Crippen molar-refractivity contribution >= 4 is 17.8 Å². The van der Waals surface area contributed by atoms with Crippen LogP contribution < -0.4 is 21.3 Å². The molecule has 41 heavy (non-hydrogen) atoms. The van der Waals surface area contributed by atoms with Crippen LogP contribution in [0.1, 0.15) is 25.7 Å². The average Bonchev–Trinajstić information content (AvgIpc) is 3.63. The van der Waals surface area contributed by atoms with E-state index < -0.39 is 12.1 Å². The largest absolute Gasteiger partial charge is 0.405 e. The quantitative estimate of drug-likeness (QED) is 0.441. The number of allylic oxidation sites excluding steroid dienone is 2. The van der Waals surface area contributed by atoms with Crippen LogP contribution in [0, 0.1) is 28.6 Å². The van der Waals surface area contributed by atoms with Crippen LogP contribution >= 0.6 is 0 Å². The molecule has 2 saturated heterocycles. The van der Waals surface area contributed by atoms with E-state index in [1.54, 1.807) is 0 Å². The summed E-state index contributed by atoms with van der Waals surface area (Å²) in [5.41, 5.74) is 9.80. The number of nitriles is 2. The van der Waals surface area contributed by atoms with E-state index in [1.807, 2.05) is 23.1 Å². The summed E-state index contributed by atoms with van der Waals surface area (Å²) in [6, 6.07) is 12.7. The Morgan fingerprint density at radius 3 is 2.73 bits per heavy atom. The number of anilines is 1. The van der Waals surface area contributed by atoms with E-state index >= 15 is 0 Å². The van der Waals surface area contributed by atoms with Crippen molar-refractivity contribution in [3.8, 4) is 23.5 Å². The van der Waals surface area contributed by atoms with Crippen molar-refractivity contribution in [1.29, 1.82) is 10.5 Å². The van der Waals surface area contributed by atoms with E-state index in [2.05, 4.69) is 46.8 Å². The van der Waals surface area contributed by atoms with Crippen molar-refractivity contribution in [3.63, 3.8) is 0 Å². The van der Waals surface area contributed by atoms with Gasteiger partial charge in [0.05, 0.1) is 60.6 Å². The van der Waals surface area contributed by atoms with Crippen LogP contribution in [-0.2, 0) is 9.47 Å². The van der Waals surface area contributed by atoms with Gasteiger partial charge in [0.25, 0.3) is 0 Å². The van der Waals surface area contributed by atoms with Gasteiger partial charge in [-0.05, 0) is 61.4 Å². The number of nitrogens with two attached hydrogens (primary N) is 1. The Balaban J connectivity index is 1.35. The summed E-state index contributed by atoms with van der Waals surface area (Å²) in [5, 5.41) is 30.4. The molecule has 5 rings (SSSR count). The summed E-state index contributed by atoms with van der Waals surface area (Å²) in [7, 11) is 0. The number of imidazole rings is 1. The second kappa shape index (κ2) is 13.2. The van der Waals surface area contributed by atoms with Crippen molar-refractivity contribution in [2.24, 2.45) is 11.7 Å². The van der Waals surface area contributed by atoms with Crippen molar-refractivity contribution in [1.82, 2.24) is 14.9 Å². The third kappa shape index (κ3) is 6.53. The van der Waals surface area contributed by atoms with E-state index in [1.165, 1.54) is 6.20 Å². The smallest absolute Gasteiger partial charge is 0.138 e. The van der Waals surface area contributed by atoms with E-state index in [-0.39, 0.29) is 18.6 Å². The molecule has 10 heteroatoms. The SMILES string of the molecule is C=c1[nH]c(-c2ccc(N3CCOCC3)cc2)n/c1=C(/C=C\N)C1=C[C@@H](C#N)C(O[C@@H]2CCN([C@H](O)CC#N)C2)CC1. The topological polar surface area (TPSA) is 147 Å². The summed E-state index contributed by atoms with van der Waals surface area (Å²) in [6.45, 7) is 8.68. The first-order valence-corrected chi connectivity index (χ1v) is 14.2. The van der Waals surface area contributed by atoms with Crippen molar-refractivity contribution in [3.05, 3.63) is 58.9 Å². The fraction of sp³-hybridized carbons (Fsp3) is 0.452. The average molecular weight is 556 g/mol. The normalized spacial score (nSPS) is 25.0. The molecule has 1 aromatic carbocycles. The van der Waals surface area contributed by atoms with Crippen molar-refractivity contribution in [2.75, 3.05) is 44.3 Å². The monoisotopic (exact) mass is 555 g/mol. The molecular formula is C31H37N7O3. The first kappa shape index (κ1) is 28.6. The van der Waals surface area contributed by atoms with Gasteiger partial charge in [0.1, 0.15) is 12.1 Å². The molecule has 1 unspecified atom stereocenters. The van der Waals surface area contributed by atoms with Crippen molar-refractivity contribution < 1.29 is 14.6 Å². The number of likely N-dealkylation sites (tertiary alicyclic amines) is 1. The molecule has 4 N–H and O–H groups in total. The number of morpholine rings is 1. The summed E-state index contributed by atoms with van der Waals surface area (Å²) in [6.07, 6.45) is 6.37. The second-order valence-corrected chi connectivity index (χ2v) is 10.6. The minimum absolute atomic E-state index is 0.0687. The molecule has 214 valence electrons. The van der Waals surface area contributed by atoms with Gasteiger partial charge in [-0.1, -0.05) is 12.7 Å². The Hall–Kier alpha value is -3.93. The number of hydrogen-bond acceptors (Lipinski definition) is 9. The minimum atomic E-state index is -0.781. The molecule has 0 saturated carbocycles. The first-order chi connectivity index (χ1) is 20.0. The van der Waals surface area contributed by atoms with E-state index in [0.717, 1.165) is 60.9 Å². The lowest BCUT2D eigenvalue weighted by atomic mass is 9.85. The van der Waals surface area contributed by atoms with Gasteiger partial charge in [0.15, 0.2) is 0 Å². The zero-order valence-corrected chi connectivity index (χ0v) is 23.2. The fourth-order valence-corrected chi connectivity index (χ4v) is 5.83. The predicted molar refractivity (Wildman–Crippen MR) is 156 cm³/mol. The van der Waals surface area contributed by atoms with Crippen LogP contribution in [0.25, 0.3) is 23.5 Å². The number of aliphatic hydroxyl groups is 1. The Bertz CT molecular complexity index is 1460. The highest BCUT2D eigenvalue weighted by atomic mass is 16.5. The lowest BCUT2D eigenvalue weighted by Crippen LogP contribution is -2.36. The Morgan fingerprint density at radius 2 is 2.02 bits per heavy atom. The maximum Gasteiger partial charge on any atom is 0.138 e. The third-order valence-corrected chi connectivity index (χ3v) is 8.03. The zero-order chi connectivity index (χ0) is 28.8. The summed E-state index contributed by atoms with van der Waals surface area (Å²) in [5.74, 6) is 0.290. The van der Waals surface area contributed by atoms with Crippen molar-refractivity contribution in [2.45, 2.75) is 44.1 Å². The number of aromatic nitrogens is 2. The lowest BCUT2D eigenvalue weighted by Gasteiger charge is -2.29. The molecule has 0 amide bonds. The van der Waals surface area contributed by atoms with Gasteiger partial charge >= 0.3 is 0 Å². The molecule has 1 aromatic heterocycles. The van der Waals surface area contributed by atoms with E-state index in [0.29, 0.717) is 36.6 Å². The van der Waals surface area contributed by atoms with Crippen LogP contribution in [-0.4, -0.2) is 77.8 Å². The first-order valence-electron chi connectivity index (χ1n) is 14.2. The maximum absolute atomic E-state index is 10.1.